The van der Waals surface area contributed by atoms with Gasteiger partial charge in [0.25, 0.3) is 5.91 Å². The Morgan fingerprint density at radius 1 is 1.26 bits per heavy atom. The predicted molar refractivity (Wildman–Crippen MR) is 94.9 cm³/mol. The summed E-state index contributed by atoms with van der Waals surface area (Å²) in [5.74, 6) is -1.75. The van der Waals surface area contributed by atoms with E-state index in [1.807, 2.05) is 0 Å². The highest BCUT2D eigenvalue weighted by atomic mass is 16.5. The zero-order valence-electron chi connectivity index (χ0n) is 15.4. The Morgan fingerprint density at radius 2 is 1.89 bits per heavy atom. The van der Waals surface area contributed by atoms with Crippen molar-refractivity contribution in [2.75, 3.05) is 7.11 Å². The molecule has 0 radical (unpaired) electrons. The van der Waals surface area contributed by atoms with E-state index >= 15 is 0 Å². The van der Waals surface area contributed by atoms with Crippen LogP contribution >= 0.6 is 0 Å². The number of phenols is 1. The second-order valence-electron chi connectivity index (χ2n) is 6.00. The SMILES string of the molecule is CO[C@H](C(=O)N[C@@H](CCC(=O)C=[N+]=[N-])C(=O)OC(C)C)c1ccc(O)cc1. The second-order valence-corrected chi connectivity index (χ2v) is 6.00. The zero-order chi connectivity index (χ0) is 20.4. The number of nitrogens with one attached hydrogen (secondary N) is 1. The lowest BCUT2D eigenvalue weighted by Gasteiger charge is -2.22. The number of hydrogen-bond acceptors (Lipinski definition) is 6. The van der Waals surface area contributed by atoms with E-state index in [2.05, 4.69) is 10.1 Å². The maximum Gasteiger partial charge on any atom is 0.328 e. The molecule has 9 heteroatoms. The fourth-order valence-electron chi connectivity index (χ4n) is 2.27. The lowest BCUT2D eigenvalue weighted by Crippen LogP contribution is -2.45. The molecule has 0 spiro atoms. The summed E-state index contributed by atoms with van der Waals surface area (Å²) >= 11 is 0. The topological polar surface area (TPSA) is 138 Å². The van der Waals surface area contributed by atoms with Crippen molar-refractivity contribution < 1.29 is 33.8 Å². The third-order valence-electron chi connectivity index (χ3n) is 3.50. The Balaban J connectivity index is 2.91. The molecule has 0 fully saturated rings. The molecule has 1 aromatic carbocycles. The molecule has 0 bridgehead atoms. The van der Waals surface area contributed by atoms with E-state index < -0.39 is 35.9 Å². The summed E-state index contributed by atoms with van der Waals surface area (Å²) in [4.78, 5) is 39.0. The summed E-state index contributed by atoms with van der Waals surface area (Å²) < 4.78 is 10.3. The average molecular weight is 377 g/mol. The summed E-state index contributed by atoms with van der Waals surface area (Å²) in [7, 11) is 1.33. The van der Waals surface area contributed by atoms with Gasteiger partial charge in [0.05, 0.1) is 6.10 Å². The highest BCUT2D eigenvalue weighted by Gasteiger charge is 2.28. The Bertz CT molecular complexity index is 710. The molecule has 0 unspecified atom stereocenters. The Hall–Kier alpha value is -3.03. The monoisotopic (exact) mass is 377 g/mol. The van der Waals surface area contributed by atoms with Crippen LogP contribution in [0.2, 0.25) is 0 Å². The Kier molecular flexibility index (Phi) is 8.84. The first kappa shape index (κ1) is 22.0. The fourth-order valence-corrected chi connectivity index (χ4v) is 2.27. The van der Waals surface area contributed by atoms with Gasteiger partial charge in [0.1, 0.15) is 11.8 Å². The number of amides is 1. The van der Waals surface area contributed by atoms with E-state index in [1.54, 1.807) is 13.8 Å². The molecule has 9 nitrogen and oxygen atoms in total. The number of methoxy groups -OCH3 is 1. The molecule has 0 aromatic heterocycles. The molecule has 1 amide bonds. The van der Waals surface area contributed by atoms with E-state index in [0.717, 1.165) is 6.21 Å². The first-order valence-corrected chi connectivity index (χ1v) is 8.31. The smallest absolute Gasteiger partial charge is 0.328 e. The van der Waals surface area contributed by atoms with Crippen molar-refractivity contribution in [1.82, 2.24) is 5.32 Å². The summed E-state index contributed by atoms with van der Waals surface area (Å²) in [5, 5.41) is 11.9. The summed E-state index contributed by atoms with van der Waals surface area (Å²) in [6.07, 6.45) is -0.856. The van der Waals surface area contributed by atoms with Crippen molar-refractivity contribution in [3.8, 4) is 5.75 Å². The van der Waals surface area contributed by atoms with E-state index in [4.69, 9.17) is 15.0 Å². The van der Waals surface area contributed by atoms with Crippen molar-refractivity contribution in [2.45, 2.75) is 44.9 Å². The molecule has 0 aliphatic carbocycles. The number of ether oxygens (including phenoxy) is 2. The normalized spacial score (nSPS) is 12.6. The molecule has 146 valence electrons. The molecule has 2 N–H and O–H groups in total. The fraction of sp³-hybridized carbons (Fsp3) is 0.444. The third-order valence-corrected chi connectivity index (χ3v) is 3.50. The number of Topliss-reactive ketones (excluding diaryl/α,β-unsaturated/α-hetero) is 1. The van der Waals surface area contributed by atoms with Crippen LogP contribution in [0.3, 0.4) is 0 Å². The Labute approximate surface area is 156 Å². The summed E-state index contributed by atoms with van der Waals surface area (Å²) in [5.41, 5.74) is 8.86. The molecule has 2 atom stereocenters. The highest BCUT2D eigenvalue weighted by molar-refractivity contribution is 6.25. The van der Waals surface area contributed by atoms with Gasteiger partial charge in [-0.3, -0.25) is 9.59 Å². The van der Waals surface area contributed by atoms with Crippen LogP contribution in [-0.4, -0.2) is 53.0 Å². The number of ketones is 1. The standard InChI is InChI=1S/C18H23N3O6/c1-11(2)27-18(25)15(9-8-14(23)10-20-19)21-17(24)16(26-3)12-4-6-13(22)7-5-12/h4-7,10-11,15-16,22H,8-9H2,1-3H3,(H,21,24)/t15-,16-/m0/s1. The average Bonchev–Trinajstić information content (AvgIpc) is 2.60. The number of hydrogen-bond donors (Lipinski definition) is 2. The lowest BCUT2D eigenvalue weighted by molar-refractivity contribution is -0.152. The molecule has 0 aliphatic heterocycles. The van der Waals surface area contributed by atoms with Gasteiger partial charge in [0.15, 0.2) is 6.10 Å². The van der Waals surface area contributed by atoms with Gasteiger partial charge in [-0.1, -0.05) is 12.1 Å². The number of rotatable bonds is 10. The first-order chi connectivity index (χ1) is 12.8. The van der Waals surface area contributed by atoms with Crippen molar-refractivity contribution >= 4 is 23.9 Å². The molecule has 0 aliphatic rings. The number of aromatic hydroxyl groups is 1. The lowest BCUT2D eigenvalue weighted by atomic mass is 10.1. The summed E-state index contributed by atoms with van der Waals surface area (Å²) in [6.45, 7) is 3.32. The van der Waals surface area contributed by atoms with E-state index in [0.29, 0.717) is 5.56 Å². The zero-order valence-corrected chi connectivity index (χ0v) is 15.4. The second kappa shape index (κ2) is 10.8. The van der Waals surface area contributed by atoms with Gasteiger partial charge in [0, 0.05) is 13.5 Å². The minimum atomic E-state index is -1.08. The number of carbonyl (C=O) groups is 3. The minimum Gasteiger partial charge on any atom is -0.508 e. The maximum atomic E-state index is 12.6. The molecular formula is C18H23N3O6. The van der Waals surface area contributed by atoms with Gasteiger partial charge in [-0.05, 0) is 38.0 Å². The van der Waals surface area contributed by atoms with Crippen LogP contribution in [0.25, 0.3) is 5.53 Å². The largest absolute Gasteiger partial charge is 0.508 e. The third kappa shape index (κ3) is 7.39. The molecule has 1 rings (SSSR count). The Morgan fingerprint density at radius 3 is 2.41 bits per heavy atom. The quantitative estimate of drug-likeness (QED) is 0.272. The molecule has 1 aromatic rings. The molecule has 27 heavy (non-hydrogen) atoms. The van der Waals surface area contributed by atoms with Gasteiger partial charge >= 0.3 is 12.2 Å². The number of benzene rings is 1. The highest BCUT2D eigenvalue weighted by Crippen LogP contribution is 2.20. The van der Waals surface area contributed by atoms with Crippen LogP contribution in [0, 0.1) is 0 Å². The van der Waals surface area contributed by atoms with Crippen LogP contribution in [0.4, 0.5) is 0 Å². The number of nitrogens with zero attached hydrogens (tertiary/aromatic N) is 2. The van der Waals surface area contributed by atoms with Crippen LogP contribution < -0.4 is 5.32 Å². The molecule has 0 saturated carbocycles. The number of carbonyl (C=O) groups excluding carboxylic acids is 3. The van der Waals surface area contributed by atoms with Crippen molar-refractivity contribution in [3.05, 3.63) is 35.4 Å². The van der Waals surface area contributed by atoms with Crippen LogP contribution in [-0.2, 0) is 23.9 Å². The maximum absolute atomic E-state index is 12.6. The van der Waals surface area contributed by atoms with Gasteiger partial charge in [0.2, 0.25) is 5.78 Å². The van der Waals surface area contributed by atoms with Crippen molar-refractivity contribution in [1.29, 1.82) is 0 Å². The van der Waals surface area contributed by atoms with Gasteiger partial charge in [-0.2, -0.15) is 4.79 Å². The van der Waals surface area contributed by atoms with E-state index in [9.17, 15) is 19.5 Å². The molecule has 0 saturated heterocycles. The van der Waals surface area contributed by atoms with Crippen molar-refractivity contribution in [2.24, 2.45) is 0 Å². The van der Waals surface area contributed by atoms with Crippen LogP contribution in [0.1, 0.15) is 38.4 Å². The van der Waals surface area contributed by atoms with Crippen LogP contribution in [0.5, 0.6) is 5.75 Å². The number of phenolic OH excluding ortho intramolecular Hbond substituents is 1. The first-order valence-electron chi connectivity index (χ1n) is 8.31. The molecule has 0 heterocycles. The summed E-state index contributed by atoms with van der Waals surface area (Å²) in [6, 6.07) is 4.78. The molecular weight excluding hydrogens is 354 g/mol. The van der Waals surface area contributed by atoms with E-state index in [1.165, 1.54) is 31.4 Å². The predicted octanol–water partition coefficient (Wildman–Crippen LogP) is 1.17. The van der Waals surface area contributed by atoms with Crippen LogP contribution in [0.15, 0.2) is 24.3 Å². The van der Waals surface area contributed by atoms with Crippen molar-refractivity contribution in [3.63, 3.8) is 0 Å². The van der Waals surface area contributed by atoms with Gasteiger partial charge < -0.3 is 25.4 Å². The van der Waals surface area contributed by atoms with E-state index in [-0.39, 0.29) is 18.6 Å². The van der Waals surface area contributed by atoms with Gasteiger partial charge in [-0.25, -0.2) is 4.79 Å². The number of esters is 1. The van der Waals surface area contributed by atoms with Gasteiger partial charge in [-0.15, -0.1) is 0 Å². The minimum absolute atomic E-state index is 0.0336.